The second-order valence-corrected chi connectivity index (χ2v) is 7.82. The molecule has 2 aromatic rings. The molecular weight excluding hydrogens is 406 g/mol. The summed E-state index contributed by atoms with van der Waals surface area (Å²) in [6.07, 6.45) is 5.84. The van der Waals surface area contributed by atoms with Gasteiger partial charge in [-0.05, 0) is 54.3 Å². The molecule has 1 N–H and O–H groups in total. The number of benzene rings is 2. The minimum absolute atomic E-state index is 0.110. The Morgan fingerprint density at radius 3 is 2.75 bits per heavy atom. The molecule has 2 aliphatic rings. The van der Waals surface area contributed by atoms with E-state index in [0.717, 1.165) is 49.3 Å². The smallest absolute Gasteiger partial charge is 0.415 e. The fourth-order valence-corrected chi connectivity index (χ4v) is 3.95. The van der Waals surface area contributed by atoms with Gasteiger partial charge in [0.05, 0.1) is 20.8 Å². The highest BCUT2D eigenvalue weighted by molar-refractivity contribution is 5.97. The largest absolute Gasteiger partial charge is 0.493 e. The van der Waals surface area contributed by atoms with E-state index in [4.69, 9.17) is 14.2 Å². The highest BCUT2D eigenvalue weighted by atomic mass is 16.6. The number of ether oxygens (including phenoxy) is 3. The Morgan fingerprint density at radius 2 is 1.97 bits per heavy atom. The number of carbonyl (C=O) groups excluding carboxylic acids is 1. The van der Waals surface area contributed by atoms with E-state index in [2.05, 4.69) is 34.6 Å². The summed E-state index contributed by atoms with van der Waals surface area (Å²) in [7, 11) is 3.28. The molecule has 0 aliphatic carbocycles. The quantitative estimate of drug-likeness (QED) is 0.623. The lowest BCUT2D eigenvalue weighted by atomic mass is 10.0. The molecular formula is C25H29N3O4. The second kappa shape index (κ2) is 10.3. The van der Waals surface area contributed by atoms with Crippen LogP contribution < -0.4 is 14.8 Å². The number of amidine groups is 1. The highest BCUT2D eigenvalue weighted by Gasteiger charge is 2.33. The predicted octanol–water partition coefficient (Wildman–Crippen LogP) is 4.38. The molecule has 0 aromatic heterocycles. The maximum Gasteiger partial charge on any atom is 0.415 e. The van der Waals surface area contributed by atoms with Crippen molar-refractivity contribution >= 4 is 11.9 Å². The van der Waals surface area contributed by atoms with Crippen LogP contribution in [0, 0.1) is 0 Å². The molecule has 7 nitrogen and oxygen atoms in total. The van der Waals surface area contributed by atoms with Crippen LogP contribution in [0.5, 0.6) is 11.5 Å². The van der Waals surface area contributed by atoms with Crippen LogP contribution in [0.2, 0.25) is 0 Å². The average Bonchev–Trinajstić information content (AvgIpc) is 3.22. The third-order valence-electron chi connectivity index (χ3n) is 5.67. The van der Waals surface area contributed by atoms with E-state index in [9.17, 15) is 4.79 Å². The van der Waals surface area contributed by atoms with Crippen molar-refractivity contribution in [3.63, 3.8) is 0 Å². The van der Waals surface area contributed by atoms with Crippen LogP contribution in [-0.2, 0) is 11.3 Å². The first-order chi connectivity index (χ1) is 15.7. The van der Waals surface area contributed by atoms with E-state index >= 15 is 0 Å². The Kier molecular flexibility index (Phi) is 7.07. The Morgan fingerprint density at radius 1 is 1.12 bits per heavy atom. The van der Waals surface area contributed by atoms with Crippen molar-refractivity contribution in [2.45, 2.75) is 31.9 Å². The topological polar surface area (TPSA) is 72.4 Å². The maximum absolute atomic E-state index is 12.2. The van der Waals surface area contributed by atoms with Crippen LogP contribution in [0.1, 0.15) is 24.8 Å². The SMILES string of the molecule is COc1ccc(-c2cccc(CNCC[C@H]3CN(C4=NC=CCC4)C(=O)O3)c2)cc1OC. The van der Waals surface area contributed by atoms with Gasteiger partial charge in [0, 0.05) is 19.2 Å². The molecule has 168 valence electrons. The molecule has 2 aliphatic heterocycles. The monoisotopic (exact) mass is 435 g/mol. The molecule has 1 fully saturated rings. The van der Waals surface area contributed by atoms with Gasteiger partial charge in [-0.25, -0.2) is 9.79 Å². The molecule has 1 saturated heterocycles. The first-order valence-electron chi connectivity index (χ1n) is 10.9. The van der Waals surface area contributed by atoms with E-state index in [0.29, 0.717) is 18.0 Å². The predicted molar refractivity (Wildman–Crippen MR) is 124 cm³/mol. The number of hydrogen-bond acceptors (Lipinski definition) is 6. The van der Waals surface area contributed by atoms with Gasteiger partial charge in [-0.1, -0.05) is 30.3 Å². The van der Waals surface area contributed by atoms with Gasteiger partial charge in [0.1, 0.15) is 11.9 Å². The van der Waals surface area contributed by atoms with Crippen molar-refractivity contribution in [3.05, 3.63) is 60.3 Å². The number of hydrogen-bond donors (Lipinski definition) is 1. The molecule has 0 radical (unpaired) electrons. The molecule has 0 saturated carbocycles. The van der Waals surface area contributed by atoms with Crippen molar-refractivity contribution in [1.29, 1.82) is 0 Å². The molecule has 0 bridgehead atoms. The molecule has 0 spiro atoms. The normalized spacial score (nSPS) is 17.8. The zero-order valence-electron chi connectivity index (χ0n) is 18.5. The summed E-state index contributed by atoms with van der Waals surface area (Å²) in [5.74, 6) is 2.23. The minimum atomic E-state index is -0.285. The van der Waals surface area contributed by atoms with Crippen LogP contribution in [0.4, 0.5) is 4.79 Å². The Bertz CT molecular complexity index is 1020. The second-order valence-electron chi connectivity index (χ2n) is 7.82. The molecule has 0 unspecified atom stereocenters. The lowest BCUT2D eigenvalue weighted by Gasteiger charge is -2.16. The third-order valence-corrected chi connectivity index (χ3v) is 5.67. The number of amides is 1. The van der Waals surface area contributed by atoms with Gasteiger partial charge >= 0.3 is 6.09 Å². The Hall–Kier alpha value is -3.32. The Labute approximate surface area is 188 Å². The van der Waals surface area contributed by atoms with Gasteiger partial charge in [0.25, 0.3) is 0 Å². The van der Waals surface area contributed by atoms with Crippen LogP contribution in [-0.4, -0.2) is 50.2 Å². The van der Waals surface area contributed by atoms with Gasteiger partial charge in [-0.2, -0.15) is 0 Å². The number of cyclic esters (lactones) is 1. The summed E-state index contributed by atoms with van der Waals surface area (Å²) in [5, 5.41) is 3.46. The first-order valence-corrected chi connectivity index (χ1v) is 10.9. The first kappa shape index (κ1) is 21.9. The number of rotatable bonds is 8. The summed E-state index contributed by atoms with van der Waals surface area (Å²) >= 11 is 0. The van der Waals surface area contributed by atoms with E-state index < -0.39 is 0 Å². The molecule has 1 amide bonds. The number of carbonyl (C=O) groups is 1. The number of aliphatic imine (C=N–C) groups is 1. The lowest BCUT2D eigenvalue weighted by Crippen LogP contribution is -2.33. The van der Waals surface area contributed by atoms with Crippen LogP contribution in [0.25, 0.3) is 11.1 Å². The zero-order valence-corrected chi connectivity index (χ0v) is 18.5. The summed E-state index contributed by atoms with van der Waals surface area (Å²) in [6.45, 7) is 2.07. The summed E-state index contributed by atoms with van der Waals surface area (Å²) in [4.78, 5) is 18.1. The van der Waals surface area contributed by atoms with Gasteiger partial charge in [0.15, 0.2) is 11.5 Å². The van der Waals surface area contributed by atoms with Gasteiger partial charge in [-0.15, -0.1) is 0 Å². The van der Waals surface area contributed by atoms with Gasteiger partial charge < -0.3 is 19.5 Å². The zero-order chi connectivity index (χ0) is 22.3. The standard InChI is InChI=1S/C25H29N3O4/c1-30-22-10-9-20(15-23(22)31-2)19-7-5-6-18(14-19)16-26-13-11-21-17-28(25(29)32-21)24-8-3-4-12-27-24/h4-7,9-10,12,14-15,21,26H,3,8,11,13,16-17H2,1-2H3/t21-/m0/s1. The minimum Gasteiger partial charge on any atom is -0.493 e. The van der Waals surface area contributed by atoms with Crippen molar-refractivity contribution < 1.29 is 19.0 Å². The van der Waals surface area contributed by atoms with Crippen molar-refractivity contribution in [3.8, 4) is 22.6 Å². The molecule has 4 rings (SSSR count). The molecule has 2 heterocycles. The molecule has 32 heavy (non-hydrogen) atoms. The highest BCUT2D eigenvalue weighted by Crippen LogP contribution is 2.32. The summed E-state index contributed by atoms with van der Waals surface area (Å²) < 4.78 is 16.3. The Balaban J connectivity index is 1.29. The lowest BCUT2D eigenvalue weighted by molar-refractivity contribution is 0.132. The summed E-state index contributed by atoms with van der Waals surface area (Å²) in [5.41, 5.74) is 3.38. The fourth-order valence-electron chi connectivity index (χ4n) is 3.95. The third kappa shape index (κ3) is 5.11. The van der Waals surface area contributed by atoms with Gasteiger partial charge in [-0.3, -0.25) is 4.90 Å². The van der Waals surface area contributed by atoms with E-state index in [1.54, 1.807) is 25.3 Å². The van der Waals surface area contributed by atoms with E-state index in [-0.39, 0.29) is 12.2 Å². The number of nitrogens with zero attached hydrogens (tertiary/aromatic N) is 2. The van der Waals surface area contributed by atoms with E-state index in [1.165, 1.54) is 5.56 Å². The van der Waals surface area contributed by atoms with Crippen LogP contribution >= 0.6 is 0 Å². The number of nitrogens with one attached hydrogen (secondary N) is 1. The van der Waals surface area contributed by atoms with Crippen molar-refractivity contribution in [2.75, 3.05) is 27.3 Å². The van der Waals surface area contributed by atoms with Gasteiger partial charge in [0.2, 0.25) is 0 Å². The van der Waals surface area contributed by atoms with Crippen molar-refractivity contribution in [1.82, 2.24) is 10.2 Å². The fraction of sp³-hybridized carbons (Fsp3) is 0.360. The number of allylic oxidation sites excluding steroid dienone is 1. The van der Waals surface area contributed by atoms with E-state index in [1.807, 2.05) is 24.3 Å². The molecule has 2 aromatic carbocycles. The maximum atomic E-state index is 12.2. The number of methoxy groups -OCH3 is 2. The molecule has 1 atom stereocenters. The summed E-state index contributed by atoms with van der Waals surface area (Å²) in [6, 6.07) is 14.3. The molecule has 7 heteroatoms. The van der Waals surface area contributed by atoms with Crippen LogP contribution in [0.15, 0.2) is 59.7 Å². The van der Waals surface area contributed by atoms with Crippen molar-refractivity contribution in [2.24, 2.45) is 4.99 Å². The van der Waals surface area contributed by atoms with Crippen LogP contribution in [0.3, 0.4) is 0 Å². The average molecular weight is 436 g/mol.